The lowest BCUT2D eigenvalue weighted by molar-refractivity contribution is -0.143. The Morgan fingerprint density at radius 1 is 1.22 bits per heavy atom. The van der Waals surface area contributed by atoms with Crippen LogP contribution in [0.15, 0.2) is 36.5 Å². The zero-order chi connectivity index (χ0) is 19.8. The van der Waals surface area contributed by atoms with Crippen molar-refractivity contribution >= 4 is 23.3 Å². The Hall–Kier alpha value is -2.81. The molecule has 1 amide bonds. The lowest BCUT2D eigenvalue weighted by atomic mass is 10.1. The van der Waals surface area contributed by atoms with Gasteiger partial charge in [0, 0.05) is 19.3 Å². The Bertz CT molecular complexity index is 993. The SMILES string of the molecule is Cc1ccccc1Cn1ccc(NC(=O)c2nn(C)c(C(F)(F)F)c2Cl)n1. The second-order valence-corrected chi connectivity index (χ2v) is 6.29. The lowest BCUT2D eigenvalue weighted by Crippen LogP contribution is -2.14. The monoisotopic (exact) mass is 397 g/mol. The van der Waals surface area contributed by atoms with Crippen molar-refractivity contribution in [3.63, 3.8) is 0 Å². The number of anilines is 1. The van der Waals surface area contributed by atoms with E-state index in [1.54, 1.807) is 10.9 Å². The molecule has 6 nitrogen and oxygen atoms in total. The molecule has 0 bridgehead atoms. The van der Waals surface area contributed by atoms with E-state index in [1.807, 2.05) is 31.2 Å². The number of hydrogen-bond acceptors (Lipinski definition) is 3. The Kier molecular flexibility index (Phi) is 4.97. The van der Waals surface area contributed by atoms with Gasteiger partial charge in [0.25, 0.3) is 5.91 Å². The highest BCUT2D eigenvalue weighted by Crippen LogP contribution is 2.36. The summed E-state index contributed by atoms with van der Waals surface area (Å²) in [6.07, 6.45) is -3.06. The van der Waals surface area contributed by atoms with Gasteiger partial charge in [-0.25, -0.2) is 0 Å². The van der Waals surface area contributed by atoms with Crippen LogP contribution in [0.25, 0.3) is 0 Å². The maximum absolute atomic E-state index is 13.0. The summed E-state index contributed by atoms with van der Waals surface area (Å²) in [6.45, 7) is 2.47. The van der Waals surface area contributed by atoms with E-state index in [-0.39, 0.29) is 5.82 Å². The van der Waals surface area contributed by atoms with E-state index in [9.17, 15) is 18.0 Å². The van der Waals surface area contributed by atoms with Gasteiger partial charge in [-0.15, -0.1) is 0 Å². The Morgan fingerprint density at radius 2 is 1.93 bits per heavy atom. The fourth-order valence-electron chi connectivity index (χ4n) is 2.61. The number of carbonyl (C=O) groups excluding carboxylic acids is 1. The van der Waals surface area contributed by atoms with Crippen molar-refractivity contribution in [2.75, 3.05) is 5.32 Å². The van der Waals surface area contributed by atoms with Crippen LogP contribution >= 0.6 is 11.6 Å². The summed E-state index contributed by atoms with van der Waals surface area (Å²) in [5.41, 5.74) is 0.457. The number of hydrogen-bond donors (Lipinski definition) is 1. The van der Waals surface area contributed by atoms with Crippen LogP contribution < -0.4 is 5.32 Å². The number of carbonyl (C=O) groups is 1. The molecule has 142 valence electrons. The fourth-order valence-corrected chi connectivity index (χ4v) is 2.96. The van der Waals surface area contributed by atoms with Gasteiger partial charge in [-0.1, -0.05) is 35.9 Å². The predicted octanol–water partition coefficient (Wildman–Crippen LogP) is 3.90. The van der Waals surface area contributed by atoms with Crippen molar-refractivity contribution in [3.05, 3.63) is 64.1 Å². The topological polar surface area (TPSA) is 64.7 Å². The van der Waals surface area contributed by atoms with Gasteiger partial charge in [0.1, 0.15) is 5.02 Å². The molecule has 0 aliphatic rings. The molecule has 1 N–H and O–H groups in total. The van der Waals surface area contributed by atoms with Crippen LogP contribution in [0.3, 0.4) is 0 Å². The van der Waals surface area contributed by atoms with Gasteiger partial charge >= 0.3 is 6.18 Å². The molecular weight excluding hydrogens is 383 g/mol. The van der Waals surface area contributed by atoms with Crippen LogP contribution in [0.1, 0.15) is 27.3 Å². The molecule has 2 heterocycles. The van der Waals surface area contributed by atoms with Crippen LogP contribution in [0.5, 0.6) is 0 Å². The standard InChI is InChI=1S/C17H15ClF3N5O/c1-10-5-3-4-6-11(10)9-26-8-7-12(23-26)22-16(27)14-13(18)15(17(19,20)21)25(2)24-14/h3-8H,9H2,1-2H3,(H,22,23,27). The Morgan fingerprint density at radius 3 is 2.56 bits per heavy atom. The van der Waals surface area contributed by atoms with Crippen LogP contribution in [-0.4, -0.2) is 25.5 Å². The van der Waals surface area contributed by atoms with Crippen LogP contribution in [-0.2, 0) is 19.8 Å². The summed E-state index contributed by atoms with van der Waals surface area (Å²) in [4.78, 5) is 12.3. The molecule has 2 aromatic heterocycles. The summed E-state index contributed by atoms with van der Waals surface area (Å²) in [6, 6.07) is 9.32. The number of aryl methyl sites for hydroxylation is 2. The number of halogens is 4. The van der Waals surface area contributed by atoms with Gasteiger partial charge in [-0.05, 0) is 18.1 Å². The minimum Gasteiger partial charge on any atom is -0.304 e. The first-order chi connectivity index (χ1) is 12.7. The summed E-state index contributed by atoms with van der Waals surface area (Å²) in [7, 11) is 1.07. The maximum atomic E-state index is 13.0. The van der Waals surface area contributed by atoms with Gasteiger partial charge in [0.05, 0.1) is 6.54 Å². The molecular formula is C17H15ClF3N5O. The predicted molar refractivity (Wildman–Crippen MR) is 93.7 cm³/mol. The minimum absolute atomic E-state index is 0.184. The van der Waals surface area contributed by atoms with E-state index < -0.39 is 28.5 Å². The van der Waals surface area contributed by atoms with Gasteiger partial charge in [-0.2, -0.15) is 23.4 Å². The fraction of sp³-hybridized carbons (Fsp3) is 0.235. The van der Waals surface area contributed by atoms with E-state index in [0.29, 0.717) is 11.2 Å². The van der Waals surface area contributed by atoms with Crippen molar-refractivity contribution in [2.24, 2.45) is 7.05 Å². The third-order valence-corrected chi connectivity index (χ3v) is 4.31. The third kappa shape index (κ3) is 3.97. The first kappa shape index (κ1) is 19.0. The molecule has 0 saturated carbocycles. The number of nitrogens with one attached hydrogen (secondary N) is 1. The molecule has 0 fully saturated rings. The Labute approximate surface area is 157 Å². The number of rotatable bonds is 4. The first-order valence-electron chi connectivity index (χ1n) is 7.86. The first-order valence-corrected chi connectivity index (χ1v) is 8.23. The highest BCUT2D eigenvalue weighted by atomic mass is 35.5. The minimum atomic E-state index is -4.72. The zero-order valence-corrected chi connectivity index (χ0v) is 15.1. The molecule has 0 unspecified atom stereocenters. The van der Waals surface area contributed by atoms with Crippen LogP contribution in [0.2, 0.25) is 5.02 Å². The quantitative estimate of drug-likeness (QED) is 0.726. The van der Waals surface area contributed by atoms with Crippen molar-refractivity contribution in [2.45, 2.75) is 19.6 Å². The molecule has 3 rings (SSSR count). The van der Waals surface area contributed by atoms with E-state index >= 15 is 0 Å². The smallest absolute Gasteiger partial charge is 0.304 e. The van der Waals surface area contributed by atoms with E-state index in [1.165, 1.54) is 6.07 Å². The number of alkyl halides is 3. The lowest BCUT2D eigenvalue weighted by Gasteiger charge is -2.06. The molecule has 27 heavy (non-hydrogen) atoms. The van der Waals surface area contributed by atoms with Crippen molar-refractivity contribution in [3.8, 4) is 0 Å². The van der Waals surface area contributed by atoms with Crippen LogP contribution in [0, 0.1) is 6.92 Å². The van der Waals surface area contributed by atoms with Gasteiger partial charge in [0.2, 0.25) is 0 Å². The number of amides is 1. The molecule has 0 radical (unpaired) electrons. The second kappa shape index (κ2) is 7.07. The maximum Gasteiger partial charge on any atom is 0.434 e. The van der Waals surface area contributed by atoms with E-state index in [2.05, 4.69) is 15.5 Å². The average molecular weight is 398 g/mol. The molecule has 3 aromatic rings. The normalized spacial score (nSPS) is 11.6. The Balaban J connectivity index is 1.76. The largest absolute Gasteiger partial charge is 0.434 e. The molecule has 0 atom stereocenters. The molecule has 1 aromatic carbocycles. The van der Waals surface area contributed by atoms with Crippen molar-refractivity contribution in [1.29, 1.82) is 0 Å². The summed E-state index contributed by atoms with van der Waals surface area (Å²) in [5.74, 6) is -0.684. The number of aromatic nitrogens is 4. The van der Waals surface area contributed by atoms with Gasteiger partial charge < -0.3 is 5.32 Å². The van der Waals surface area contributed by atoms with Crippen LogP contribution in [0.4, 0.5) is 19.0 Å². The summed E-state index contributed by atoms with van der Waals surface area (Å²) in [5, 5.41) is 9.45. The van der Waals surface area contributed by atoms with E-state index in [4.69, 9.17) is 11.6 Å². The molecule has 0 spiro atoms. The number of nitrogens with zero attached hydrogens (tertiary/aromatic N) is 4. The molecule has 0 aliphatic heterocycles. The van der Waals surface area contributed by atoms with Gasteiger partial charge in [0.15, 0.2) is 17.2 Å². The highest BCUT2D eigenvalue weighted by Gasteiger charge is 2.40. The van der Waals surface area contributed by atoms with Crippen molar-refractivity contribution in [1.82, 2.24) is 19.6 Å². The molecule has 0 saturated heterocycles. The average Bonchev–Trinajstić information content (AvgIpc) is 3.12. The third-order valence-electron chi connectivity index (χ3n) is 3.95. The molecule has 0 aliphatic carbocycles. The number of benzene rings is 1. The molecule has 10 heteroatoms. The summed E-state index contributed by atoms with van der Waals surface area (Å²) >= 11 is 5.72. The van der Waals surface area contributed by atoms with Crippen molar-refractivity contribution < 1.29 is 18.0 Å². The highest BCUT2D eigenvalue weighted by molar-refractivity contribution is 6.34. The second-order valence-electron chi connectivity index (χ2n) is 5.91. The zero-order valence-electron chi connectivity index (χ0n) is 14.4. The van der Waals surface area contributed by atoms with Gasteiger partial charge in [-0.3, -0.25) is 14.2 Å². The summed E-state index contributed by atoms with van der Waals surface area (Å²) < 4.78 is 41.0. The van der Waals surface area contributed by atoms with E-state index in [0.717, 1.165) is 18.2 Å².